The number of rotatable bonds is 3. The van der Waals surface area contributed by atoms with E-state index in [0.717, 1.165) is 11.8 Å². The van der Waals surface area contributed by atoms with Gasteiger partial charge in [-0.3, -0.25) is 4.79 Å². The number of hydrogen-bond acceptors (Lipinski definition) is 3. The summed E-state index contributed by atoms with van der Waals surface area (Å²) >= 11 is 0. The van der Waals surface area contributed by atoms with E-state index in [1.807, 2.05) is 6.92 Å². The lowest BCUT2D eigenvalue weighted by Gasteiger charge is -2.09. The Balaban J connectivity index is 3.33. The monoisotopic (exact) mass is 180 g/mol. The van der Waals surface area contributed by atoms with Gasteiger partial charge in [0.05, 0.1) is 19.8 Å². The Morgan fingerprint density at radius 3 is 1.92 bits per heavy atom. The molecule has 3 heteroatoms. The van der Waals surface area contributed by atoms with Crippen LogP contribution in [0.5, 0.6) is 11.5 Å². The van der Waals surface area contributed by atoms with E-state index >= 15 is 0 Å². The van der Waals surface area contributed by atoms with Crippen LogP contribution in [0, 0.1) is 6.92 Å². The molecule has 1 aromatic rings. The second kappa shape index (κ2) is 3.94. The summed E-state index contributed by atoms with van der Waals surface area (Å²) in [7, 11) is 3.06. The normalized spacial score (nSPS) is 9.46. The molecule has 70 valence electrons. The van der Waals surface area contributed by atoms with Crippen molar-refractivity contribution < 1.29 is 14.3 Å². The molecule has 1 rings (SSSR count). The third kappa shape index (κ3) is 1.80. The maximum Gasteiger partial charge on any atom is 0.157 e. The first-order chi connectivity index (χ1) is 6.22. The molecule has 0 saturated carbocycles. The van der Waals surface area contributed by atoms with Crippen LogP contribution < -0.4 is 9.47 Å². The van der Waals surface area contributed by atoms with Gasteiger partial charge in [0.15, 0.2) is 6.29 Å². The summed E-state index contributed by atoms with van der Waals surface area (Å²) in [5.41, 5.74) is 1.45. The van der Waals surface area contributed by atoms with Crippen molar-refractivity contribution in [3.05, 3.63) is 23.3 Å². The van der Waals surface area contributed by atoms with Gasteiger partial charge in [0.25, 0.3) is 0 Å². The third-order valence-corrected chi connectivity index (χ3v) is 1.81. The second-order valence-electron chi connectivity index (χ2n) is 2.70. The first-order valence-corrected chi connectivity index (χ1v) is 3.90. The summed E-state index contributed by atoms with van der Waals surface area (Å²) in [5, 5.41) is 0. The molecule has 0 aliphatic heterocycles. The maximum atomic E-state index is 10.7. The van der Waals surface area contributed by atoms with Crippen LogP contribution in [0.2, 0.25) is 0 Å². The van der Waals surface area contributed by atoms with Crippen LogP contribution in [0.3, 0.4) is 0 Å². The molecule has 0 fully saturated rings. The van der Waals surface area contributed by atoms with Crippen molar-refractivity contribution in [3.63, 3.8) is 0 Å². The molecule has 13 heavy (non-hydrogen) atoms. The van der Waals surface area contributed by atoms with E-state index in [-0.39, 0.29) is 0 Å². The number of hydrogen-bond donors (Lipinski definition) is 0. The SMILES string of the molecule is COc1cc(C)cc(OC)c1C=O. The molecule has 0 aromatic heterocycles. The minimum Gasteiger partial charge on any atom is -0.496 e. The summed E-state index contributed by atoms with van der Waals surface area (Å²) < 4.78 is 10.1. The lowest BCUT2D eigenvalue weighted by Crippen LogP contribution is -1.96. The Kier molecular flexibility index (Phi) is 2.90. The summed E-state index contributed by atoms with van der Waals surface area (Å²) in [6, 6.07) is 3.60. The van der Waals surface area contributed by atoms with Gasteiger partial charge < -0.3 is 9.47 Å². The zero-order chi connectivity index (χ0) is 9.84. The molecule has 0 spiro atoms. The number of benzene rings is 1. The quantitative estimate of drug-likeness (QED) is 0.665. The van der Waals surface area contributed by atoms with Crippen LogP contribution in [0.4, 0.5) is 0 Å². The molecule has 0 unspecified atom stereocenters. The minimum absolute atomic E-state index is 0.454. The fraction of sp³-hybridized carbons (Fsp3) is 0.300. The van der Waals surface area contributed by atoms with Crippen molar-refractivity contribution in [1.29, 1.82) is 0 Å². The average molecular weight is 180 g/mol. The standard InChI is InChI=1S/C10H12O3/c1-7-4-9(12-2)8(6-11)10(5-7)13-3/h4-6H,1-3H3. The molecule has 0 heterocycles. The largest absolute Gasteiger partial charge is 0.496 e. The number of carbonyl (C=O) groups excluding carboxylic acids is 1. The van der Waals surface area contributed by atoms with E-state index in [9.17, 15) is 4.79 Å². The Labute approximate surface area is 77.3 Å². The zero-order valence-electron chi connectivity index (χ0n) is 7.96. The molecule has 0 aliphatic carbocycles. The van der Waals surface area contributed by atoms with Gasteiger partial charge in [-0.25, -0.2) is 0 Å². The smallest absolute Gasteiger partial charge is 0.157 e. The topological polar surface area (TPSA) is 35.5 Å². The molecule has 0 aliphatic rings. The second-order valence-corrected chi connectivity index (χ2v) is 2.70. The molecule has 0 saturated heterocycles. The van der Waals surface area contributed by atoms with Crippen LogP contribution in [0.1, 0.15) is 15.9 Å². The molecular formula is C10H12O3. The third-order valence-electron chi connectivity index (χ3n) is 1.81. The predicted octanol–water partition coefficient (Wildman–Crippen LogP) is 1.82. The Hall–Kier alpha value is -1.51. The zero-order valence-corrected chi connectivity index (χ0v) is 7.96. The molecular weight excluding hydrogens is 168 g/mol. The van der Waals surface area contributed by atoms with Crippen molar-refractivity contribution in [2.75, 3.05) is 14.2 Å². The van der Waals surface area contributed by atoms with Gasteiger partial charge in [-0.2, -0.15) is 0 Å². The van der Waals surface area contributed by atoms with Crippen LogP contribution >= 0.6 is 0 Å². The fourth-order valence-electron chi connectivity index (χ4n) is 1.19. The first kappa shape index (κ1) is 9.58. The molecule has 0 radical (unpaired) electrons. The highest BCUT2D eigenvalue weighted by Gasteiger charge is 2.09. The molecule has 1 aromatic carbocycles. The van der Waals surface area contributed by atoms with E-state index in [2.05, 4.69) is 0 Å². The van der Waals surface area contributed by atoms with Crippen LogP contribution in [0.15, 0.2) is 12.1 Å². The summed E-state index contributed by atoms with van der Waals surface area (Å²) in [4.78, 5) is 10.7. The van der Waals surface area contributed by atoms with Crippen molar-refractivity contribution in [1.82, 2.24) is 0 Å². The van der Waals surface area contributed by atoms with Gasteiger partial charge in [-0.05, 0) is 24.6 Å². The van der Waals surface area contributed by atoms with Gasteiger partial charge in [0.2, 0.25) is 0 Å². The molecule has 0 amide bonds. The molecule has 0 bridgehead atoms. The van der Waals surface area contributed by atoms with Crippen molar-refractivity contribution >= 4 is 6.29 Å². The van der Waals surface area contributed by atoms with Gasteiger partial charge in [0.1, 0.15) is 11.5 Å². The highest BCUT2D eigenvalue weighted by Crippen LogP contribution is 2.28. The lowest BCUT2D eigenvalue weighted by atomic mass is 10.1. The van der Waals surface area contributed by atoms with Gasteiger partial charge in [0, 0.05) is 0 Å². The summed E-state index contributed by atoms with van der Waals surface area (Å²) in [5.74, 6) is 1.10. The van der Waals surface area contributed by atoms with Crippen LogP contribution in [-0.2, 0) is 0 Å². The molecule has 3 nitrogen and oxygen atoms in total. The van der Waals surface area contributed by atoms with Crippen LogP contribution in [-0.4, -0.2) is 20.5 Å². The predicted molar refractivity (Wildman–Crippen MR) is 49.7 cm³/mol. The average Bonchev–Trinajstić information content (AvgIpc) is 2.16. The van der Waals surface area contributed by atoms with Gasteiger partial charge in [-0.1, -0.05) is 0 Å². The van der Waals surface area contributed by atoms with Crippen molar-refractivity contribution in [2.24, 2.45) is 0 Å². The Morgan fingerprint density at radius 2 is 1.62 bits per heavy atom. The van der Waals surface area contributed by atoms with E-state index in [1.54, 1.807) is 12.1 Å². The number of carbonyl (C=O) groups is 1. The Bertz CT molecular complexity index is 293. The highest BCUT2D eigenvalue weighted by molar-refractivity contribution is 5.84. The van der Waals surface area contributed by atoms with E-state index in [0.29, 0.717) is 17.1 Å². The summed E-state index contributed by atoms with van der Waals surface area (Å²) in [6.45, 7) is 1.92. The number of aldehydes is 1. The fourth-order valence-corrected chi connectivity index (χ4v) is 1.19. The molecule has 0 atom stereocenters. The van der Waals surface area contributed by atoms with E-state index < -0.39 is 0 Å². The lowest BCUT2D eigenvalue weighted by molar-refractivity contribution is 0.111. The van der Waals surface area contributed by atoms with Crippen molar-refractivity contribution in [3.8, 4) is 11.5 Å². The number of ether oxygens (including phenoxy) is 2. The number of aryl methyl sites for hydroxylation is 1. The van der Waals surface area contributed by atoms with Crippen molar-refractivity contribution in [2.45, 2.75) is 6.92 Å². The minimum atomic E-state index is 0.454. The van der Waals surface area contributed by atoms with Gasteiger partial charge >= 0.3 is 0 Å². The highest BCUT2D eigenvalue weighted by atomic mass is 16.5. The Morgan fingerprint density at radius 1 is 1.15 bits per heavy atom. The van der Waals surface area contributed by atoms with E-state index in [4.69, 9.17) is 9.47 Å². The molecule has 0 N–H and O–H groups in total. The summed E-state index contributed by atoms with van der Waals surface area (Å²) in [6.07, 6.45) is 0.733. The van der Waals surface area contributed by atoms with E-state index in [1.165, 1.54) is 14.2 Å². The van der Waals surface area contributed by atoms with Crippen LogP contribution in [0.25, 0.3) is 0 Å². The maximum absolute atomic E-state index is 10.7. The number of methoxy groups -OCH3 is 2. The first-order valence-electron chi connectivity index (χ1n) is 3.90. The van der Waals surface area contributed by atoms with Gasteiger partial charge in [-0.15, -0.1) is 0 Å².